The SMILES string of the molecule is CCNC(c1cnn(C)c1)C1CCCC1. The Morgan fingerprint density at radius 1 is 1.53 bits per heavy atom. The van der Waals surface area contributed by atoms with Gasteiger partial charge in [0, 0.05) is 24.8 Å². The van der Waals surface area contributed by atoms with E-state index in [9.17, 15) is 0 Å². The molecule has 1 aliphatic rings. The largest absolute Gasteiger partial charge is 0.310 e. The molecule has 84 valence electrons. The van der Waals surface area contributed by atoms with Crippen molar-refractivity contribution in [3.05, 3.63) is 18.0 Å². The molecule has 1 N–H and O–H groups in total. The van der Waals surface area contributed by atoms with E-state index in [1.165, 1.54) is 31.2 Å². The van der Waals surface area contributed by atoms with Crippen molar-refractivity contribution in [2.75, 3.05) is 6.54 Å². The van der Waals surface area contributed by atoms with Crippen molar-refractivity contribution in [1.29, 1.82) is 0 Å². The Morgan fingerprint density at radius 3 is 2.80 bits per heavy atom. The summed E-state index contributed by atoms with van der Waals surface area (Å²) in [6.07, 6.45) is 9.68. The number of aromatic nitrogens is 2. The standard InChI is InChI=1S/C12H21N3/c1-3-13-12(10-6-4-5-7-10)11-8-14-15(2)9-11/h8-10,12-13H,3-7H2,1-2H3. The molecule has 0 radical (unpaired) electrons. The van der Waals surface area contributed by atoms with Gasteiger partial charge >= 0.3 is 0 Å². The third-order valence-electron chi connectivity index (χ3n) is 3.38. The summed E-state index contributed by atoms with van der Waals surface area (Å²) in [7, 11) is 1.99. The van der Waals surface area contributed by atoms with Gasteiger partial charge in [0.2, 0.25) is 0 Å². The van der Waals surface area contributed by atoms with Crippen molar-refractivity contribution in [3.63, 3.8) is 0 Å². The smallest absolute Gasteiger partial charge is 0.0537 e. The van der Waals surface area contributed by atoms with Crippen LogP contribution >= 0.6 is 0 Å². The van der Waals surface area contributed by atoms with E-state index < -0.39 is 0 Å². The second-order valence-corrected chi connectivity index (χ2v) is 4.53. The Labute approximate surface area is 91.9 Å². The van der Waals surface area contributed by atoms with E-state index in [1.54, 1.807) is 0 Å². The normalized spacial score (nSPS) is 19.6. The van der Waals surface area contributed by atoms with Crippen LogP contribution in [0.15, 0.2) is 12.4 Å². The van der Waals surface area contributed by atoms with Gasteiger partial charge in [0.25, 0.3) is 0 Å². The fourth-order valence-electron chi connectivity index (χ4n) is 2.67. The molecule has 15 heavy (non-hydrogen) atoms. The quantitative estimate of drug-likeness (QED) is 0.820. The van der Waals surface area contributed by atoms with Gasteiger partial charge in [0.05, 0.1) is 6.20 Å². The molecule has 0 bridgehead atoms. The number of hydrogen-bond donors (Lipinski definition) is 1. The van der Waals surface area contributed by atoms with Gasteiger partial charge < -0.3 is 5.32 Å². The maximum absolute atomic E-state index is 4.27. The van der Waals surface area contributed by atoms with Crippen LogP contribution in [0.3, 0.4) is 0 Å². The molecule has 1 fully saturated rings. The molecular weight excluding hydrogens is 186 g/mol. The molecule has 2 rings (SSSR count). The molecule has 1 unspecified atom stereocenters. The van der Waals surface area contributed by atoms with E-state index in [-0.39, 0.29) is 0 Å². The zero-order chi connectivity index (χ0) is 10.7. The zero-order valence-corrected chi connectivity index (χ0v) is 9.74. The van der Waals surface area contributed by atoms with Gasteiger partial charge in [0.1, 0.15) is 0 Å². The minimum Gasteiger partial charge on any atom is -0.310 e. The van der Waals surface area contributed by atoms with Gasteiger partial charge in [-0.2, -0.15) is 5.10 Å². The third kappa shape index (κ3) is 2.40. The van der Waals surface area contributed by atoms with Crippen LogP contribution in [0.5, 0.6) is 0 Å². The number of aryl methyl sites for hydroxylation is 1. The second kappa shape index (κ2) is 4.79. The average Bonchev–Trinajstić information content (AvgIpc) is 2.85. The van der Waals surface area contributed by atoms with E-state index in [0.717, 1.165) is 12.5 Å². The highest BCUT2D eigenvalue weighted by Crippen LogP contribution is 2.35. The molecule has 1 aromatic rings. The number of hydrogen-bond acceptors (Lipinski definition) is 2. The summed E-state index contributed by atoms with van der Waals surface area (Å²) in [5, 5.41) is 7.87. The van der Waals surface area contributed by atoms with Gasteiger partial charge in [0.15, 0.2) is 0 Å². The molecule has 0 amide bonds. The van der Waals surface area contributed by atoms with Crippen molar-refractivity contribution in [1.82, 2.24) is 15.1 Å². The molecular formula is C12H21N3. The summed E-state index contributed by atoms with van der Waals surface area (Å²) in [6, 6.07) is 0.520. The lowest BCUT2D eigenvalue weighted by Crippen LogP contribution is -2.26. The topological polar surface area (TPSA) is 29.9 Å². The van der Waals surface area contributed by atoms with Gasteiger partial charge in [-0.1, -0.05) is 19.8 Å². The molecule has 1 aliphatic carbocycles. The summed E-state index contributed by atoms with van der Waals surface area (Å²) in [5.74, 6) is 0.814. The van der Waals surface area contributed by atoms with Crippen LogP contribution in [0, 0.1) is 5.92 Å². The first-order valence-electron chi connectivity index (χ1n) is 6.03. The number of nitrogens with zero attached hydrogens (tertiary/aromatic N) is 2. The van der Waals surface area contributed by atoms with Crippen LogP contribution in [0.1, 0.15) is 44.2 Å². The first-order valence-corrected chi connectivity index (χ1v) is 6.03. The first-order chi connectivity index (χ1) is 7.31. The molecule has 0 spiro atoms. The molecule has 0 saturated heterocycles. The summed E-state index contributed by atoms with van der Waals surface area (Å²) >= 11 is 0. The Morgan fingerprint density at radius 2 is 2.27 bits per heavy atom. The van der Waals surface area contributed by atoms with E-state index in [4.69, 9.17) is 0 Å². The molecule has 1 heterocycles. The molecule has 1 aromatic heterocycles. The maximum atomic E-state index is 4.27. The van der Waals surface area contributed by atoms with Crippen molar-refractivity contribution in [3.8, 4) is 0 Å². The lowest BCUT2D eigenvalue weighted by Gasteiger charge is -2.23. The van der Waals surface area contributed by atoms with Crippen LogP contribution in [-0.4, -0.2) is 16.3 Å². The fraction of sp³-hybridized carbons (Fsp3) is 0.750. The molecule has 1 saturated carbocycles. The predicted molar refractivity (Wildman–Crippen MR) is 61.6 cm³/mol. The lowest BCUT2D eigenvalue weighted by atomic mass is 9.93. The number of rotatable bonds is 4. The summed E-state index contributed by atoms with van der Waals surface area (Å²) < 4.78 is 1.90. The van der Waals surface area contributed by atoms with E-state index in [2.05, 4.69) is 23.5 Å². The van der Waals surface area contributed by atoms with Crippen LogP contribution in [0.4, 0.5) is 0 Å². The fourth-order valence-corrected chi connectivity index (χ4v) is 2.67. The Kier molecular flexibility index (Phi) is 3.41. The second-order valence-electron chi connectivity index (χ2n) is 4.53. The van der Waals surface area contributed by atoms with Crippen LogP contribution in [0.2, 0.25) is 0 Å². The highest BCUT2D eigenvalue weighted by molar-refractivity contribution is 5.12. The molecule has 1 atom stereocenters. The van der Waals surface area contributed by atoms with Gasteiger partial charge in [-0.15, -0.1) is 0 Å². The van der Waals surface area contributed by atoms with Crippen molar-refractivity contribution < 1.29 is 0 Å². The Bertz CT molecular complexity index is 300. The minimum absolute atomic E-state index is 0.520. The van der Waals surface area contributed by atoms with Crippen LogP contribution in [0.25, 0.3) is 0 Å². The van der Waals surface area contributed by atoms with E-state index in [1.807, 2.05) is 17.9 Å². The van der Waals surface area contributed by atoms with Crippen LogP contribution in [-0.2, 0) is 7.05 Å². The molecule has 0 aliphatic heterocycles. The lowest BCUT2D eigenvalue weighted by molar-refractivity contribution is 0.374. The summed E-state index contributed by atoms with van der Waals surface area (Å²) in [4.78, 5) is 0. The van der Waals surface area contributed by atoms with Gasteiger partial charge in [-0.05, 0) is 25.3 Å². The zero-order valence-electron chi connectivity index (χ0n) is 9.74. The Balaban J connectivity index is 2.11. The number of nitrogens with one attached hydrogen (secondary N) is 1. The van der Waals surface area contributed by atoms with Gasteiger partial charge in [-0.3, -0.25) is 4.68 Å². The molecule has 3 heteroatoms. The predicted octanol–water partition coefficient (Wildman–Crippen LogP) is 2.26. The summed E-state index contributed by atoms with van der Waals surface area (Å²) in [6.45, 7) is 3.22. The molecule has 3 nitrogen and oxygen atoms in total. The van der Waals surface area contributed by atoms with Crippen molar-refractivity contribution in [2.24, 2.45) is 13.0 Å². The Hall–Kier alpha value is -0.830. The van der Waals surface area contributed by atoms with Crippen molar-refractivity contribution in [2.45, 2.75) is 38.6 Å². The van der Waals surface area contributed by atoms with E-state index in [0.29, 0.717) is 6.04 Å². The minimum atomic E-state index is 0.520. The highest BCUT2D eigenvalue weighted by atomic mass is 15.2. The molecule has 0 aromatic carbocycles. The third-order valence-corrected chi connectivity index (χ3v) is 3.38. The maximum Gasteiger partial charge on any atom is 0.0537 e. The van der Waals surface area contributed by atoms with Crippen LogP contribution < -0.4 is 5.32 Å². The first kappa shape index (κ1) is 10.7. The van der Waals surface area contributed by atoms with E-state index >= 15 is 0 Å². The summed E-state index contributed by atoms with van der Waals surface area (Å²) in [5.41, 5.74) is 1.35. The highest BCUT2D eigenvalue weighted by Gasteiger charge is 2.26. The average molecular weight is 207 g/mol. The van der Waals surface area contributed by atoms with Gasteiger partial charge in [-0.25, -0.2) is 0 Å². The monoisotopic (exact) mass is 207 g/mol. The van der Waals surface area contributed by atoms with Crippen molar-refractivity contribution >= 4 is 0 Å².